The molecule has 0 aromatic carbocycles. The number of likely N-dealkylation sites (N-methyl/N-ethyl adjacent to an activating group) is 1. The standard InChI is InChI=1S/C10H22N4/c1-4-13(5-2)9-6-7-14(8-9)10(11)12-3/h9H,4-8H2,1-3H3,(H2,11,12). The SMILES string of the molecule is CCN(CC)C1CCN(C(N)=NC)C1. The summed E-state index contributed by atoms with van der Waals surface area (Å²) < 4.78 is 0. The second-order valence-corrected chi connectivity index (χ2v) is 3.69. The third-order valence-corrected chi connectivity index (χ3v) is 3.05. The highest BCUT2D eigenvalue weighted by molar-refractivity contribution is 5.78. The first-order chi connectivity index (χ1) is 6.72. The van der Waals surface area contributed by atoms with Gasteiger partial charge in [0, 0.05) is 26.2 Å². The van der Waals surface area contributed by atoms with Gasteiger partial charge in [0.2, 0.25) is 0 Å². The Hall–Kier alpha value is -0.770. The molecule has 0 spiro atoms. The van der Waals surface area contributed by atoms with Crippen LogP contribution in [0.3, 0.4) is 0 Å². The van der Waals surface area contributed by atoms with Crippen LogP contribution in [0.2, 0.25) is 0 Å². The van der Waals surface area contributed by atoms with E-state index in [0.717, 1.165) is 26.2 Å². The van der Waals surface area contributed by atoms with Gasteiger partial charge in [0.15, 0.2) is 5.96 Å². The molecule has 0 aliphatic carbocycles. The number of nitrogens with zero attached hydrogens (tertiary/aromatic N) is 3. The summed E-state index contributed by atoms with van der Waals surface area (Å²) in [6.07, 6.45) is 1.21. The van der Waals surface area contributed by atoms with Crippen molar-refractivity contribution in [1.29, 1.82) is 0 Å². The molecule has 0 aromatic rings. The van der Waals surface area contributed by atoms with Gasteiger partial charge in [0.1, 0.15) is 0 Å². The van der Waals surface area contributed by atoms with Gasteiger partial charge in [-0.15, -0.1) is 0 Å². The zero-order chi connectivity index (χ0) is 10.6. The van der Waals surface area contributed by atoms with E-state index in [9.17, 15) is 0 Å². The van der Waals surface area contributed by atoms with Crippen LogP contribution in [-0.2, 0) is 0 Å². The topological polar surface area (TPSA) is 44.9 Å². The number of rotatable bonds is 3. The summed E-state index contributed by atoms with van der Waals surface area (Å²) in [4.78, 5) is 8.68. The smallest absolute Gasteiger partial charge is 0.191 e. The Balaban J connectivity index is 2.48. The minimum absolute atomic E-state index is 0.658. The molecule has 1 saturated heterocycles. The fraction of sp³-hybridized carbons (Fsp3) is 0.900. The van der Waals surface area contributed by atoms with E-state index in [1.54, 1.807) is 7.05 Å². The maximum atomic E-state index is 5.78. The Labute approximate surface area is 86.8 Å². The van der Waals surface area contributed by atoms with Gasteiger partial charge in [-0.05, 0) is 19.5 Å². The van der Waals surface area contributed by atoms with Crippen molar-refractivity contribution in [3.8, 4) is 0 Å². The Morgan fingerprint density at radius 1 is 1.50 bits per heavy atom. The fourth-order valence-corrected chi connectivity index (χ4v) is 2.13. The van der Waals surface area contributed by atoms with E-state index in [1.165, 1.54) is 6.42 Å². The summed E-state index contributed by atoms with van der Waals surface area (Å²) in [6.45, 7) is 8.75. The highest BCUT2D eigenvalue weighted by Gasteiger charge is 2.26. The normalized spacial score (nSPS) is 23.6. The number of nitrogens with two attached hydrogens (primary N) is 1. The minimum Gasteiger partial charge on any atom is -0.370 e. The van der Waals surface area contributed by atoms with Gasteiger partial charge >= 0.3 is 0 Å². The minimum atomic E-state index is 0.658. The predicted molar refractivity (Wildman–Crippen MR) is 60.4 cm³/mol. The number of hydrogen-bond donors (Lipinski definition) is 1. The molecule has 0 bridgehead atoms. The number of aliphatic imine (C=N–C) groups is 1. The predicted octanol–water partition coefficient (Wildman–Crippen LogP) is 0.347. The number of likely N-dealkylation sites (tertiary alicyclic amines) is 1. The van der Waals surface area contributed by atoms with E-state index in [2.05, 4.69) is 28.6 Å². The first-order valence-electron chi connectivity index (χ1n) is 5.44. The van der Waals surface area contributed by atoms with Gasteiger partial charge in [-0.2, -0.15) is 0 Å². The van der Waals surface area contributed by atoms with Gasteiger partial charge in [-0.25, -0.2) is 0 Å². The number of hydrogen-bond acceptors (Lipinski definition) is 2. The molecule has 1 aliphatic rings. The van der Waals surface area contributed by atoms with Crippen LogP contribution in [0.5, 0.6) is 0 Å². The van der Waals surface area contributed by atoms with Crippen molar-refractivity contribution in [3.63, 3.8) is 0 Å². The van der Waals surface area contributed by atoms with Crippen LogP contribution >= 0.6 is 0 Å². The summed E-state index contributed by atoms with van der Waals surface area (Å²) in [5, 5.41) is 0. The molecule has 0 saturated carbocycles. The third-order valence-electron chi connectivity index (χ3n) is 3.05. The molecular weight excluding hydrogens is 176 g/mol. The van der Waals surface area contributed by atoms with Crippen LogP contribution in [0.1, 0.15) is 20.3 Å². The quantitative estimate of drug-likeness (QED) is 0.525. The molecule has 1 fully saturated rings. The van der Waals surface area contributed by atoms with Crippen molar-refractivity contribution in [3.05, 3.63) is 0 Å². The first-order valence-corrected chi connectivity index (χ1v) is 5.44. The maximum Gasteiger partial charge on any atom is 0.191 e. The lowest BCUT2D eigenvalue weighted by Gasteiger charge is -2.26. The summed E-state index contributed by atoms with van der Waals surface area (Å²) in [5.74, 6) is 0.680. The molecule has 0 amide bonds. The Morgan fingerprint density at radius 2 is 2.14 bits per heavy atom. The zero-order valence-electron chi connectivity index (χ0n) is 9.53. The van der Waals surface area contributed by atoms with Crippen molar-refractivity contribution >= 4 is 5.96 Å². The maximum absolute atomic E-state index is 5.78. The van der Waals surface area contributed by atoms with E-state index in [1.807, 2.05) is 0 Å². The van der Waals surface area contributed by atoms with Gasteiger partial charge < -0.3 is 10.6 Å². The first kappa shape index (κ1) is 11.3. The van der Waals surface area contributed by atoms with Crippen LogP contribution in [-0.4, -0.2) is 55.0 Å². The summed E-state index contributed by atoms with van der Waals surface area (Å²) in [5.41, 5.74) is 5.78. The van der Waals surface area contributed by atoms with E-state index in [-0.39, 0.29) is 0 Å². The Kier molecular flexibility index (Phi) is 4.20. The molecule has 82 valence electrons. The van der Waals surface area contributed by atoms with Gasteiger partial charge in [-0.1, -0.05) is 13.8 Å². The van der Waals surface area contributed by atoms with Gasteiger partial charge in [0.25, 0.3) is 0 Å². The molecule has 1 unspecified atom stereocenters. The van der Waals surface area contributed by atoms with Gasteiger partial charge in [-0.3, -0.25) is 9.89 Å². The van der Waals surface area contributed by atoms with E-state index in [0.29, 0.717) is 12.0 Å². The van der Waals surface area contributed by atoms with Crippen LogP contribution in [0.25, 0.3) is 0 Å². The Morgan fingerprint density at radius 3 is 2.64 bits per heavy atom. The molecule has 0 radical (unpaired) electrons. The van der Waals surface area contributed by atoms with E-state index < -0.39 is 0 Å². The largest absolute Gasteiger partial charge is 0.370 e. The fourth-order valence-electron chi connectivity index (χ4n) is 2.13. The van der Waals surface area contributed by atoms with Crippen LogP contribution in [0, 0.1) is 0 Å². The van der Waals surface area contributed by atoms with Crippen molar-refractivity contribution in [2.24, 2.45) is 10.7 Å². The molecule has 4 nitrogen and oxygen atoms in total. The molecule has 1 atom stereocenters. The molecule has 1 heterocycles. The van der Waals surface area contributed by atoms with Crippen molar-refractivity contribution < 1.29 is 0 Å². The molecule has 2 N–H and O–H groups in total. The molecular formula is C10H22N4. The number of guanidine groups is 1. The summed E-state index contributed by atoms with van der Waals surface area (Å²) in [6, 6.07) is 0.658. The van der Waals surface area contributed by atoms with Crippen molar-refractivity contribution in [2.45, 2.75) is 26.3 Å². The highest BCUT2D eigenvalue weighted by atomic mass is 15.3. The molecule has 0 aromatic heterocycles. The van der Waals surface area contributed by atoms with E-state index in [4.69, 9.17) is 5.73 Å². The second kappa shape index (κ2) is 5.20. The average molecular weight is 198 g/mol. The zero-order valence-corrected chi connectivity index (χ0v) is 9.53. The van der Waals surface area contributed by atoms with Crippen LogP contribution in [0.4, 0.5) is 0 Å². The molecule has 4 heteroatoms. The monoisotopic (exact) mass is 198 g/mol. The highest BCUT2D eigenvalue weighted by Crippen LogP contribution is 2.14. The summed E-state index contributed by atoms with van der Waals surface area (Å²) in [7, 11) is 1.75. The lowest BCUT2D eigenvalue weighted by atomic mass is 10.2. The summed E-state index contributed by atoms with van der Waals surface area (Å²) >= 11 is 0. The second-order valence-electron chi connectivity index (χ2n) is 3.69. The third kappa shape index (κ3) is 2.38. The molecule has 1 aliphatic heterocycles. The van der Waals surface area contributed by atoms with Crippen LogP contribution < -0.4 is 5.73 Å². The lowest BCUT2D eigenvalue weighted by Crippen LogP contribution is -2.40. The molecule has 1 rings (SSSR count). The Bertz CT molecular complexity index is 198. The van der Waals surface area contributed by atoms with E-state index >= 15 is 0 Å². The van der Waals surface area contributed by atoms with Crippen molar-refractivity contribution in [2.75, 3.05) is 33.2 Å². The van der Waals surface area contributed by atoms with Gasteiger partial charge in [0.05, 0.1) is 0 Å². The average Bonchev–Trinajstić information content (AvgIpc) is 2.68. The lowest BCUT2D eigenvalue weighted by molar-refractivity contribution is 0.223. The van der Waals surface area contributed by atoms with Crippen LogP contribution in [0.15, 0.2) is 4.99 Å². The molecule has 14 heavy (non-hydrogen) atoms. The van der Waals surface area contributed by atoms with Crippen molar-refractivity contribution in [1.82, 2.24) is 9.80 Å².